The van der Waals surface area contributed by atoms with Crippen molar-refractivity contribution >= 4 is 10.0 Å². The van der Waals surface area contributed by atoms with E-state index in [0.717, 1.165) is 17.5 Å². The monoisotopic (exact) mass is 376 g/mol. The molecule has 26 heavy (non-hydrogen) atoms. The van der Waals surface area contributed by atoms with Crippen LogP contribution in [0.4, 0.5) is 0 Å². The van der Waals surface area contributed by atoms with E-state index in [9.17, 15) is 8.42 Å². The van der Waals surface area contributed by atoms with Crippen LogP contribution in [-0.4, -0.2) is 39.8 Å². The van der Waals surface area contributed by atoms with Crippen molar-refractivity contribution in [2.75, 3.05) is 20.3 Å². The summed E-state index contributed by atoms with van der Waals surface area (Å²) in [6.07, 6.45) is 4.23. The Kier molecular flexibility index (Phi) is 5.60. The highest BCUT2D eigenvalue weighted by atomic mass is 32.2. The smallest absolute Gasteiger partial charge is 0.241 e. The van der Waals surface area contributed by atoms with Gasteiger partial charge in [-0.3, -0.25) is 4.98 Å². The third-order valence-electron chi connectivity index (χ3n) is 4.73. The van der Waals surface area contributed by atoms with Gasteiger partial charge >= 0.3 is 0 Å². The van der Waals surface area contributed by atoms with Crippen molar-refractivity contribution in [1.82, 2.24) is 9.71 Å². The van der Waals surface area contributed by atoms with E-state index < -0.39 is 10.0 Å². The number of rotatable bonds is 6. The van der Waals surface area contributed by atoms with Crippen LogP contribution in [0.25, 0.3) is 0 Å². The average molecular weight is 376 g/mol. The Bertz CT molecular complexity index is 869. The molecular formula is C19H24N2O4S. The van der Waals surface area contributed by atoms with Crippen LogP contribution in [0.5, 0.6) is 5.75 Å². The molecule has 1 aromatic carbocycles. The third-order valence-corrected chi connectivity index (χ3v) is 6.37. The highest BCUT2D eigenvalue weighted by molar-refractivity contribution is 7.89. The number of hydrogen-bond acceptors (Lipinski definition) is 5. The first-order valence-corrected chi connectivity index (χ1v) is 10.0. The molecule has 2 heterocycles. The summed E-state index contributed by atoms with van der Waals surface area (Å²) >= 11 is 0. The van der Waals surface area contributed by atoms with Gasteiger partial charge in [0.25, 0.3) is 0 Å². The van der Waals surface area contributed by atoms with Crippen LogP contribution in [0.1, 0.15) is 16.7 Å². The van der Waals surface area contributed by atoms with E-state index in [1.54, 1.807) is 25.4 Å². The summed E-state index contributed by atoms with van der Waals surface area (Å²) in [6, 6.07) is 7.03. The fraction of sp³-hybridized carbons (Fsp3) is 0.421. The number of ether oxygens (including phenoxy) is 2. The molecule has 1 aromatic heterocycles. The Labute approximate surface area is 154 Å². The van der Waals surface area contributed by atoms with Crippen LogP contribution in [0.3, 0.4) is 0 Å². The zero-order chi connectivity index (χ0) is 18.7. The van der Waals surface area contributed by atoms with E-state index in [2.05, 4.69) is 9.71 Å². The van der Waals surface area contributed by atoms with Crippen LogP contribution >= 0.6 is 0 Å². The van der Waals surface area contributed by atoms with E-state index in [4.69, 9.17) is 9.47 Å². The van der Waals surface area contributed by atoms with Gasteiger partial charge < -0.3 is 9.47 Å². The first-order valence-electron chi connectivity index (χ1n) is 8.55. The normalized spacial score (nSPS) is 20.3. The van der Waals surface area contributed by atoms with Gasteiger partial charge in [0.2, 0.25) is 10.0 Å². The van der Waals surface area contributed by atoms with Gasteiger partial charge in [0.1, 0.15) is 5.75 Å². The second-order valence-electron chi connectivity index (χ2n) is 6.67. The Hall–Kier alpha value is -1.96. The predicted octanol–water partition coefficient (Wildman–Crippen LogP) is 2.24. The van der Waals surface area contributed by atoms with Crippen molar-refractivity contribution in [3.8, 4) is 5.75 Å². The third kappa shape index (κ3) is 4.06. The summed E-state index contributed by atoms with van der Waals surface area (Å²) in [5, 5.41) is 0. The van der Waals surface area contributed by atoms with Crippen LogP contribution in [0.15, 0.2) is 41.6 Å². The molecule has 1 fully saturated rings. The van der Waals surface area contributed by atoms with Crippen LogP contribution < -0.4 is 9.46 Å². The lowest BCUT2D eigenvalue weighted by atomic mass is 9.96. The standard InChI is InChI=1S/C19H24N2O4S/c1-13-8-14(2)19(10-18(13)24-3)26(22,23)21-17-12-25-11-16(17)9-15-4-6-20-7-5-15/h4-8,10,16-17,21H,9,11-12H2,1-3H3/t16-,17+/m1/s1. The zero-order valence-electron chi connectivity index (χ0n) is 15.2. The molecule has 3 rings (SSSR count). The van der Waals surface area contributed by atoms with Crippen molar-refractivity contribution in [3.05, 3.63) is 53.3 Å². The van der Waals surface area contributed by atoms with E-state index in [0.29, 0.717) is 24.5 Å². The van der Waals surface area contributed by atoms with Gasteiger partial charge in [-0.1, -0.05) is 6.07 Å². The minimum absolute atomic E-state index is 0.0832. The molecule has 0 saturated carbocycles. The van der Waals surface area contributed by atoms with Crippen molar-refractivity contribution in [3.63, 3.8) is 0 Å². The number of methoxy groups -OCH3 is 1. The maximum absolute atomic E-state index is 13.0. The first-order chi connectivity index (χ1) is 12.4. The number of hydrogen-bond donors (Lipinski definition) is 1. The summed E-state index contributed by atoms with van der Waals surface area (Å²) in [6.45, 7) is 4.59. The molecule has 0 spiro atoms. The molecule has 0 radical (unpaired) electrons. The molecule has 0 aliphatic carbocycles. The van der Waals surface area contributed by atoms with Crippen LogP contribution in [0, 0.1) is 19.8 Å². The lowest BCUT2D eigenvalue weighted by Crippen LogP contribution is -2.40. The summed E-state index contributed by atoms with van der Waals surface area (Å²) in [5.41, 5.74) is 2.72. The zero-order valence-corrected chi connectivity index (χ0v) is 16.0. The van der Waals surface area contributed by atoms with Crippen LogP contribution in [-0.2, 0) is 21.2 Å². The first kappa shape index (κ1) is 18.8. The molecule has 0 unspecified atom stereocenters. The molecule has 0 amide bonds. The molecule has 7 heteroatoms. The fourth-order valence-electron chi connectivity index (χ4n) is 3.34. The van der Waals surface area contributed by atoms with E-state index in [-0.39, 0.29) is 16.9 Å². The number of nitrogens with zero attached hydrogens (tertiary/aromatic N) is 1. The summed E-state index contributed by atoms with van der Waals surface area (Å²) in [5.74, 6) is 0.645. The quantitative estimate of drug-likeness (QED) is 0.837. The molecule has 1 N–H and O–H groups in total. The Morgan fingerprint density at radius 2 is 1.92 bits per heavy atom. The molecule has 140 valence electrons. The van der Waals surface area contributed by atoms with E-state index in [1.807, 2.05) is 25.1 Å². The van der Waals surface area contributed by atoms with Crippen LogP contribution in [0.2, 0.25) is 0 Å². The lowest BCUT2D eigenvalue weighted by molar-refractivity contribution is 0.183. The number of nitrogens with one attached hydrogen (secondary N) is 1. The topological polar surface area (TPSA) is 77.5 Å². The van der Waals surface area contributed by atoms with E-state index >= 15 is 0 Å². The maximum Gasteiger partial charge on any atom is 0.241 e. The second kappa shape index (κ2) is 7.73. The lowest BCUT2D eigenvalue weighted by Gasteiger charge is -2.20. The van der Waals surface area contributed by atoms with Gasteiger partial charge in [-0.15, -0.1) is 0 Å². The van der Waals surface area contributed by atoms with Gasteiger partial charge in [0.05, 0.1) is 31.3 Å². The Morgan fingerprint density at radius 3 is 2.62 bits per heavy atom. The molecular weight excluding hydrogens is 352 g/mol. The number of aryl methyl sites for hydroxylation is 2. The SMILES string of the molecule is COc1cc(S(=O)(=O)N[C@H]2COC[C@H]2Cc2ccncc2)c(C)cc1C. The molecule has 2 atom stereocenters. The van der Waals surface area contributed by atoms with Crippen molar-refractivity contribution < 1.29 is 17.9 Å². The Morgan fingerprint density at radius 1 is 1.19 bits per heavy atom. The van der Waals surface area contributed by atoms with Crippen molar-refractivity contribution in [2.24, 2.45) is 5.92 Å². The van der Waals surface area contributed by atoms with Crippen molar-refractivity contribution in [2.45, 2.75) is 31.2 Å². The minimum atomic E-state index is -3.67. The fourth-order valence-corrected chi connectivity index (χ4v) is 4.87. The second-order valence-corrected chi connectivity index (χ2v) is 8.35. The molecule has 0 bridgehead atoms. The van der Waals surface area contributed by atoms with Gasteiger partial charge in [-0.25, -0.2) is 13.1 Å². The average Bonchev–Trinajstić information content (AvgIpc) is 3.01. The Balaban J connectivity index is 1.80. The highest BCUT2D eigenvalue weighted by Crippen LogP contribution is 2.27. The molecule has 1 aliphatic heterocycles. The predicted molar refractivity (Wildman–Crippen MR) is 98.8 cm³/mol. The number of benzene rings is 1. The largest absolute Gasteiger partial charge is 0.496 e. The molecule has 1 aliphatic rings. The molecule has 2 aromatic rings. The number of pyridine rings is 1. The summed E-state index contributed by atoms with van der Waals surface area (Å²) in [7, 11) is -2.13. The highest BCUT2D eigenvalue weighted by Gasteiger charge is 2.33. The van der Waals surface area contributed by atoms with Crippen molar-refractivity contribution in [1.29, 1.82) is 0 Å². The van der Waals surface area contributed by atoms with Gasteiger partial charge in [0.15, 0.2) is 0 Å². The van der Waals surface area contributed by atoms with E-state index in [1.165, 1.54) is 7.11 Å². The van der Waals surface area contributed by atoms with Gasteiger partial charge in [-0.05, 0) is 49.1 Å². The molecule has 1 saturated heterocycles. The summed E-state index contributed by atoms with van der Waals surface area (Å²) in [4.78, 5) is 4.26. The number of sulfonamides is 1. The number of aromatic nitrogens is 1. The van der Waals surface area contributed by atoms with Gasteiger partial charge in [-0.2, -0.15) is 0 Å². The molecule has 6 nitrogen and oxygen atoms in total. The summed E-state index contributed by atoms with van der Waals surface area (Å²) < 4.78 is 39.6. The van der Waals surface area contributed by atoms with Gasteiger partial charge in [0, 0.05) is 24.4 Å². The minimum Gasteiger partial charge on any atom is -0.496 e. The maximum atomic E-state index is 13.0.